The van der Waals surface area contributed by atoms with Crippen molar-refractivity contribution in [2.24, 2.45) is 0 Å². The van der Waals surface area contributed by atoms with Crippen molar-refractivity contribution in [3.05, 3.63) is 65.0 Å². The van der Waals surface area contributed by atoms with Gasteiger partial charge in [0.1, 0.15) is 24.2 Å². The minimum atomic E-state index is -0.580. The summed E-state index contributed by atoms with van der Waals surface area (Å²) >= 11 is 0. The third-order valence-corrected chi connectivity index (χ3v) is 3.21. The molecule has 1 atom stereocenters. The van der Waals surface area contributed by atoms with Crippen LogP contribution in [0.4, 0.5) is 4.39 Å². The third kappa shape index (κ3) is 3.59. The molecule has 108 valence electrons. The molecule has 2 aromatic rings. The van der Waals surface area contributed by atoms with Gasteiger partial charge in [0.15, 0.2) is 0 Å². The summed E-state index contributed by atoms with van der Waals surface area (Å²) in [7, 11) is 0. The van der Waals surface area contributed by atoms with Crippen LogP contribution in [-0.4, -0.2) is 5.11 Å². The first kappa shape index (κ1) is 15.0. The number of ether oxygens (including phenoxy) is 1. The predicted molar refractivity (Wildman–Crippen MR) is 77.1 cm³/mol. The van der Waals surface area contributed by atoms with E-state index >= 15 is 0 Å². The summed E-state index contributed by atoms with van der Waals surface area (Å²) in [6.07, 6.45) is 0.0132. The SMILES string of the molecule is CC[C@H](O)c1ccccc1OCc1ccc(F)c(C#N)c1. The number of nitriles is 1. The molecule has 0 aromatic heterocycles. The van der Waals surface area contributed by atoms with E-state index in [9.17, 15) is 9.50 Å². The van der Waals surface area contributed by atoms with E-state index in [1.807, 2.05) is 25.1 Å². The molecular weight excluding hydrogens is 269 g/mol. The number of hydrogen-bond acceptors (Lipinski definition) is 3. The topological polar surface area (TPSA) is 53.2 Å². The Bertz CT molecular complexity index is 664. The molecule has 0 amide bonds. The van der Waals surface area contributed by atoms with Crippen LogP contribution in [0.2, 0.25) is 0 Å². The van der Waals surface area contributed by atoms with Gasteiger partial charge in [0, 0.05) is 5.56 Å². The smallest absolute Gasteiger partial charge is 0.140 e. The molecule has 0 spiro atoms. The standard InChI is InChI=1S/C17H16FNO2/c1-2-16(20)14-5-3-4-6-17(14)21-11-12-7-8-15(18)13(9-12)10-19/h3-9,16,20H,2,11H2,1H3/t16-/m0/s1. The maximum Gasteiger partial charge on any atom is 0.140 e. The average molecular weight is 285 g/mol. The van der Waals surface area contributed by atoms with Crippen molar-refractivity contribution in [2.45, 2.75) is 26.1 Å². The van der Waals surface area contributed by atoms with Crippen LogP contribution >= 0.6 is 0 Å². The first-order chi connectivity index (χ1) is 10.2. The minimum absolute atomic E-state index is 0.00187. The molecule has 0 fully saturated rings. The molecule has 2 aromatic carbocycles. The molecule has 0 saturated heterocycles. The van der Waals surface area contributed by atoms with Gasteiger partial charge in [-0.05, 0) is 30.2 Å². The molecule has 0 bridgehead atoms. The van der Waals surface area contributed by atoms with Gasteiger partial charge in [0.05, 0.1) is 11.7 Å². The monoisotopic (exact) mass is 285 g/mol. The molecule has 2 rings (SSSR count). The van der Waals surface area contributed by atoms with Gasteiger partial charge in [0.25, 0.3) is 0 Å². The summed E-state index contributed by atoms with van der Waals surface area (Å²) in [5, 5.41) is 18.8. The second-order valence-corrected chi connectivity index (χ2v) is 4.68. The van der Waals surface area contributed by atoms with E-state index in [0.717, 1.165) is 5.56 Å². The zero-order valence-electron chi connectivity index (χ0n) is 11.7. The van der Waals surface area contributed by atoms with E-state index in [2.05, 4.69) is 0 Å². The van der Waals surface area contributed by atoms with Gasteiger partial charge < -0.3 is 9.84 Å². The highest BCUT2D eigenvalue weighted by Gasteiger charge is 2.11. The molecule has 21 heavy (non-hydrogen) atoms. The normalized spacial score (nSPS) is 11.7. The molecule has 0 unspecified atom stereocenters. The predicted octanol–water partition coefficient (Wildman–Crippen LogP) is 3.72. The summed E-state index contributed by atoms with van der Waals surface area (Å²) in [5.41, 5.74) is 1.43. The number of hydrogen-bond donors (Lipinski definition) is 1. The Balaban J connectivity index is 2.15. The second kappa shape index (κ2) is 6.87. The van der Waals surface area contributed by atoms with Gasteiger partial charge in [-0.25, -0.2) is 4.39 Å². The Kier molecular flexibility index (Phi) is 4.91. The van der Waals surface area contributed by atoms with Gasteiger partial charge in [-0.1, -0.05) is 31.2 Å². The lowest BCUT2D eigenvalue weighted by molar-refractivity contribution is 0.166. The summed E-state index contributed by atoms with van der Waals surface area (Å²) in [6.45, 7) is 2.10. The second-order valence-electron chi connectivity index (χ2n) is 4.68. The number of halogens is 1. The van der Waals surface area contributed by atoms with Gasteiger partial charge in [-0.3, -0.25) is 0 Å². The zero-order valence-corrected chi connectivity index (χ0v) is 11.7. The fraction of sp³-hybridized carbons (Fsp3) is 0.235. The van der Waals surface area contributed by atoms with Crippen LogP contribution in [0.5, 0.6) is 5.75 Å². The van der Waals surface area contributed by atoms with Crippen LogP contribution in [-0.2, 0) is 6.61 Å². The summed E-state index contributed by atoms with van der Waals surface area (Å²) in [5.74, 6) is 0.0535. The number of aliphatic hydroxyl groups excluding tert-OH is 1. The first-order valence-corrected chi connectivity index (χ1v) is 6.74. The van der Waals surface area contributed by atoms with E-state index < -0.39 is 11.9 Å². The molecule has 0 radical (unpaired) electrons. The van der Waals surface area contributed by atoms with E-state index in [1.54, 1.807) is 18.2 Å². The molecule has 0 aliphatic carbocycles. The fourth-order valence-corrected chi connectivity index (χ4v) is 2.02. The van der Waals surface area contributed by atoms with Gasteiger partial charge in [-0.2, -0.15) is 5.26 Å². The largest absolute Gasteiger partial charge is 0.489 e. The Morgan fingerprint density at radius 3 is 2.76 bits per heavy atom. The molecule has 3 nitrogen and oxygen atoms in total. The Hall–Kier alpha value is -2.38. The molecular formula is C17H16FNO2. The van der Waals surface area contributed by atoms with Crippen LogP contribution in [0.25, 0.3) is 0 Å². The quantitative estimate of drug-likeness (QED) is 0.911. The van der Waals surface area contributed by atoms with Crippen LogP contribution < -0.4 is 4.74 Å². The number of nitrogens with zero attached hydrogens (tertiary/aromatic N) is 1. The first-order valence-electron chi connectivity index (χ1n) is 6.74. The summed E-state index contributed by atoms with van der Waals surface area (Å²) < 4.78 is 18.9. The van der Waals surface area contributed by atoms with Crippen molar-refractivity contribution < 1.29 is 14.2 Å². The molecule has 0 saturated carbocycles. The van der Waals surface area contributed by atoms with E-state index in [-0.39, 0.29) is 12.2 Å². The van der Waals surface area contributed by atoms with Crippen LogP contribution in [0, 0.1) is 17.1 Å². The molecule has 0 aliphatic heterocycles. The highest BCUT2D eigenvalue weighted by molar-refractivity contribution is 5.37. The summed E-state index contributed by atoms with van der Waals surface area (Å²) in [6, 6.07) is 13.4. The summed E-state index contributed by atoms with van der Waals surface area (Å²) in [4.78, 5) is 0. The van der Waals surface area contributed by atoms with Gasteiger partial charge in [-0.15, -0.1) is 0 Å². The third-order valence-electron chi connectivity index (χ3n) is 3.21. The van der Waals surface area contributed by atoms with Crippen molar-refractivity contribution in [3.8, 4) is 11.8 Å². The van der Waals surface area contributed by atoms with E-state index in [4.69, 9.17) is 10.00 Å². The molecule has 1 N–H and O–H groups in total. The van der Waals surface area contributed by atoms with Gasteiger partial charge in [0.2, 0.25) is 0 Å². The van der Waals surface area contributed by atoms with Crippen molar-refractivity contribution in [1.29, 1.82) is 5.26 Å². The highest BCUT2D eigenvalue weighted by Crippen LogP contribution is 2.27. The van der Waals surface area contributed by atoms with Crippen LogP contribution in [0.15, 0.2) is 42.5 Å². The van der Waals surface area contributed by atoms with Crippen LogP contribution in [0.3, 0.4) is 0 Å². The van der Waals surface area contributed by atoms with Gasteiger partial charge >= 0.3 is 0 Å². The lowest BCUT2D eigenvalue weighted by atomic mass is 10.1. The molecule has 4 heteroatoms. The fourth-order valence-electron chi connectivity index (χ4n) is 2.02. The number of aliphatic hydroxyl groups is 1. The number of para-hydroxylation sites is 1. The van der Waals surface area contributed by atoms with Crippen molar-refractivity contribution in [1.82, 2.24) is 0 Å². The van der Waals surface area contributed by atoms with E-state index in [1.165, 1.54) is 12.1 Å². The van der Waals surface area contributed by atoms with Crippen molar-refractivity contribution >= 4 is 0 Å². The Morgan fingerprint density at radius 1 is 1.29 bits per heavy atom. The maximum absolute atomic E-state index is 13.3. The molecule has 0 aliphatic rings. The van der Waals surface area contributed by atoms with Crippen molar-refractivity contribution in [3.63, 3.8) is 0 Å². The minimum Gasteiger partial charge on any atom is -0.489 e. The Labute approximate surface area is 123 Å². The number of benzene rings is 2. The Morgan fingerprint density at radius 2 is 2.05 bits per heavy atom. The zero-order chi connectivity index (χ0) is 15.2. The molecule has 0 heterocycles. The average Bonchev–Trinajstić information content (AvgIpc) is 2.53. The van der Waals surface area contributed by atoms with Crippen LogP contribution in [0.1, 0.15) is 36.1 Å². The lowest BCUT2D eigenvalue weighted by Gasteiger charge is -2.15. The van der Waals surface area contributed by atoms with Crippen molar-refractivity contribution in [2.75, 3.05) is 0 Å². The maximum atomic E-state index is 13.3. The number of rotatable bonds is 5. The lowest BCUT2D eigenvalue weighted by Crippen LogP contribution is -2.02. The van der Waals surface area contributed by atoms with E-state index in [0.29, 0.717) is 17.7 Å². The highest BCUT2D eigenvalue weighted by atomic mass is 19.1.